The van der Waals surface area contributed by atoms with Crippen LogP contribution in [0, 0.1) is 13.8 Å². The summed E-state index contributed by atoms with van der Waals surface area (Å²) in [4.78, 5) is 0. The molecule has 0 spiro atoms. The van der Waals surface area contributed by atoms with Crippen molar-refractivity contribution in [2.24, 2.45) is 0 Å². The van der Waals surface area contributed by atoms with Crippen LogP contribution < -0.4 is 5.32 Å². The van der Waals surface area contributed by atoms with Crippen LogP contribution in [0.25, 0.3) is 0 Å². The Hall–Kier alpha value is -1.12. The van der Waals surface area contributed by atoms with Gasteiger partial charge in [-0.15, -0.1) is 0 Å². The maximum atomic E-state index is 3.57. The minimum atomic E-state index is 0.326. The summed E-state index contributed by atoms with van der Waals surface area (Å²) in [6.07, 6.45) is 0. The molecule has 1 heterocycles. The van der Waals surface area contributed by atoms with Crippen molar-refractivity contribution in [3.8, 4) is 0 Å². The molecule has 1 aromatic carbocycles. The normalized spacial score (nSPS) is 12.6. The molecule has 0 fully saturated rings. The maximum Gasteiger partial charge on any atom is 0.0587 e. The molecule has 90 valence electrons. The van der Waals surface area contributed by atoms with E-state index >= 15 is 0 Å². The molecule has 0 aliphatic carbocycles. The second-order valence-electron chi connectivity index (χ2n) is 4.41. The van der Waals surface area contributed by atoms with Crippen molar-refractivity contribution < 1.29 is 0 Å². The molecule has 0 amide bonds. The molecule has 0 saturated heterocycles. The third-order valence-electron chi connectivity index (χ3n) is 3.02. The second-order valence-corrected chi connectivity index (χ2v) is 5.19. The lowest BCUT2D eigenvalue weighted by molar-refractivity contribution is 0.629. The van der Waals surface area contributed by atoms with E-state index in [-0.39, 0.29) is 0 Å². The summed E-state index contributed by atoms with van der Waals surface area (Å²) in [7, 11) is 0. The molecule has 0 radical (unpaired) electrons. The highest BCUT2D eigenvalue weighted by molar-refractivity contribution is 7.08. The lowest BCUT2D eigenvalue weighted by Gasteiger charge is -2.20. The van der Waals surface area contributed by atoms with E-state index in [1.54, 1.807) is 11.3 Å². The smallest absolute Gasteiger partial charge is 0.0587 e. The van der Waals surface area contributed by atoms with Crippen molar-refractivity contribution in [2.45, 2.75) is 26.8 Å². The summed E-state index contributed by atoms with van der Waals surface area (Å²) in [5.74, 6) is 0. The van der Waals surface area contributed by atoms with Crippen molar-refractivity contribution in [3.05, 3.63) is 57.3 Å². The van der Waals surface area contributed by atoms with Crippen molar-refractivity contribution in [1.29, 1.82) is 0 Å². The Balaban J connectivity index is 2.39. The average molecular weight is 245 g/mol. The summed E-state index contributed by atoms with van der Waals surface area (Å²) in [5.41, 5.74) is 5.44. The SMILES string of the molecule is CCNC(c1ccsc1)c1ccc(C)cc1C. The monoisotopic (exact) mass is 245 g/mol. The lowest BCUT2D eigenvalue weighted by Crippen LogP contribution is -2.22. The van der Waals surface area contributed by atoms with Crippen LogP contribution in [0.3, 0.4) is 0 Å². The topological polar surface area (TPSA) is 12.0 Å². The minimum Gasteiger partial charge on any atom is -0.306 e. The van der Waals surface area contributed by atoms with Gasteiger partial charge in [0.15, 0.2) is 0 Å². The first-order valence-electron chi connectivity index (χ1n) is 6.05. The van der Waals surface area contributed by atoms with E-state index < -0.39 is 0 Å². The zero-order valence-corrected chi connectivity index (χ0v) is 11.5. The second kappa shape index (κ2) is 5.48. The third-order valence-corrected chi connectivity index (χ3v) is 3.72. The molecule has 1 aromatic heterocycles. The van der Waals surface area contributed by atoms with Crippen molar-refractivity contribution in [3.63, 3.8) is 0 Å². The Morgan fingerprint density at radius 1 is 1.24 bits per heavy atom. The van der Waals surface area contributed by atoms with Gasteiger partial charge in [-0.3, -0.25) is 0 Å². The van der Waals surface area contributed by atoms with Gasteiger partial charge in [-0.1, -0.05) is 30.7 Å². The Kier molecular flexibility index (Phi) is 3.97. The van der Waals surface area contributed by atoms with Crippen LogP contribution in [0.15, 0.2) is 35.0 Å². The molecule has 0 aliphatic heterocycles. The summed E-state index contributed by atoms with van der Waals surface area (Å²) in [6, 6.07) is 9.23. The molecule has 1 N–H and O–H groups in total. The Labute approximate surface area is 108 Å². The fraction of sp³-hybridized carbons (Fsp3) is 0.333. The zero-order valence-electron chi connectivity index (χ0n) is 10.7. The molecule has 2 rings (SSSR count). The maximum absolute atomic E-state index is 3.57. The number of rotatable bonds is 4. The van der Waals surface area contributed by atoms with Crippen molar-refractivity contribution >= 4 is 11.3 Å². The molecule has 0 aliphatic rings. The summed E-state index contributed by atoms with van der Waals surface area (Å²) in [5, 5.41) is 7.94. The van der Waals surface area contributed by atoms with E-state index in [4.69, 9.17) is 0 Å². The lowest BCUT2D eigenvalue weighted by atomic mass is 9.95. The molecule has 17 heavy (non-hydrogen) atoms. The minimum absolute atomic E-state index is 0.326. The van der Waals surface area contributed by atoms with E-state index in [0.717, 1.165) is 6.54 Å². The van der Waals surface area contributed by atoms with Gasteiger partial charge in [0.1, 0.15) is 0 Å². The van der Waals surface area contributed by atoms with E-state index in [1.165, 1.54) is 22.3 Å². The van der Waals surface area contributed by atoms with Gasteiger partial charge in [0.2, 0.25) is 0 Å². The fourth-order valence-electron chi connectivity index (χ4n) is 2.20. The van der Waals surface area contributed by atoms with Crippen LogP contribution in [0.4, 0.5) is 0 Å². The predicted molar refractivity (Wildman–Crippen MR) is 75.8 cm³/mol. The molecular formula is C15H19NS. The zero-order chi connectivity index (χ0) is 12.3. The average Bonchev–Trinajstić information content (AvgIpc) is 2.80. The predicted octanol–water partition coefficient (Wildman–Crippen LogP) is 4.06. The van der Waals surface area contributed by atoms with Crippen LogP contribution in [0.2, 0.25) is 0 Å². The Bertz CT molecular complexity index is 474. The van der Waals surface area contributed by atoms with E-state index in [1.807, 2.05) is 0 Å². The van der Waals surface area contributed by atoms with Crippen molar-refractivity contribution in [2.75, 3.05) is 6.54 Å². The highest BCUT2D eigenvalue weighted by atomic mass is 32.1. The molecule has 0 bridgehead atoms. The van der Waals surface area contributed by atoms with Gasteiger partial charge in [0, 0.05) is 0 Å². The molecule has 1 unspecified atom stereocenters. The highest BCUT2D eigenvalue weighted by Gasteiger charge is 2.15. The van der Waals surface area contributed by atoms with Crippen LogP contribution >= 0.6 is 11.3 Å². The van der Waals surface area contributed by atoms with Gasteiger partial charge in [-0.2, -0.15) is 11.3 Å². The fourth-order valence-corrected chi connectivity index (χ4v) is 2.89. The van der Waals surface area contributed by atoms with E-state index in [9.17, 15) is 0 Å². The van der Waals surface area contributed by atoms with Crippen molar-refractivity contribution in [1.82, 2.24) is 5.32 Å². The molecule has 1 atom stereocenters. The van der Waals surface area contributed by atoms with Crippen LogP contribution in [0.1, 0.15) is 35.2 Å². The van der Waals surface area contributed by atoms with E-state index in [0.29, 0.717) is 6.04 Å². The quantitative estimate of drug-likeness (QED) is 0.856. The van der Waals surface area contributed by atoms with Crippen LogP contribution in [-0.2, 0) is 0 Å². The molecule has 2 aromatic rings. The van der Waals surface area contributed by atoms with Gasteiger partial charge in [-0.05, 0) is 53.9 Å². The number of thiophene rings is 1. The van der Waals surface area contributed by atoms with Gasteiger partial charge in [0.25, 0.3) is 0 Å². The van der Waals surface area contributed by atoms with Crippen LogP contribution in [-0.4, -0.2) is 6.54 Å². The van der Waals surface area contributed by atoms with Gasteiger partial charge < -0.3 is 5.32 Å². The highest BCUT2D eigenvalue weighted by Crippen LogP contribution is 2.27. The number of hydrogen-bond donors (Lipinski definition) is 1. The first-order chi connectivity index (χ1) is 8.22. The molecule has 2 heteroatoms. The summed E-state index contributed by atoms with van der Waals surface area (Å²) < 4.78 is 0. The first-order valence-corrected chi connectivity index (χ1v) is 6.99. The van der Waals surface area contributed by atoms with Gasteiger partial charge in [-0.25, -0.2) is 0 Å². The first kappa shape index (κ1) is 12.3. The summed E-state index contributed by atoms with van der Waals surface area (Å²) >= 11 is 1.76. The number of hydrogen-bond acceptors (Lipinski definition) is 2. The van der Waals surface area contributed by atoms with E-state index in [2.05, 4.69) is 61.1 Å². The Morgan fingerprint density at radius 2 is 2.06 bits per heavy atom. The largest absolute Gasteiger partial charge is 0.306 e. The number of aryl methyl sites for hydroxylation is 2. The number of benzene rings is 1. The Morgan fingerprint density at radius 3 is 2.65 bits per heavy atom. The molecular weight excluding hydrogens is 226 g/mol. The summed E-state index contributed by atoms with van der Waals surface area (Å²) in [6.45, 7) is 7.47. The van der Waals surface area contributed by atoms with Gasteiger partial charge >= 0.3 is 0 Å². The third kappa shape index (κ3) is 2.76. The molecule has 0 saturated carbocycles. The molecule has 1 nitrogen and oxygen atoms in total. The van der Waals surface area contributed by atoms with Crippen LogP contribution in [0.5, 0.6) is 0 Å². The number of nitrogens with one attached hydrogen (secondary N) is 1. The van der Waals surface area contributed by atoms with Gasteiger partial charge in [0.05, 0.1) is 6.04 Å². The standard InChI is InChI=1S/C15H19NS/c1-4-16-15(13-7-8-17-10-13)14-6-5-11(2)9-12(14)3/h5-10,15-16H,4H2,1-3H3.